The van der Waals surface area contributed by atoms with Crippen LogP contribution in [0, 0.1) is 29.6 Å². The van der Waals surface area contributed by atoms with E-state index in [2.05, 4.69) is 0 Å². The number of carbonyl (C=O) groups is 2. The number of carboxylic acids is 1. The predicted molar refractivity (Wildman–Crippen MR) is 65.8 cm³/mol. The lowest BCUT2D eigenvalue weighted by Crippen LogP contribution is -2.38. The van der Waals surface area contributed by atoms with Gasteiger partial charge >= 0.3 is 5.97 Å². The zero-order chi connectivity index (χ0) is 12.9. The highest BCUT2D eigenvalue weighted by Crippen LogP contribution is 2.69. The molecule has 18 heavy (non-hydrogen) atoms. The summed E-state index contributed by atoms with van der Waals surface area (Å²) in [7, 11) is 0. The fourth-order valence-corrected chi connectivity index (χ4v) is 4.57. The van der Waals surface area contributed by atoms with Crippen molar-refractivity contribution in [3.8, 4) is 0 Å². The van der Waals surface area contributed by atoms with Crippen LogP contribution in [0.3, 0.4) is 0 Å². The average molecular weight is 251 g/mol. The molecule has 1 N–H and O–H groups in total. The Balaban J connectivity index is 1.65. The lowest BCUT2D eigenvalue weighted by atomic mass is 10.0. The summed E-state index contributed by atoms with van der Waals surface area (Å²) in [6, 6.07) is 0. The van der Waals surface area contributed by atoms with E-state index < -0.39 is 5.97 Å². The molecule has 0 aliphatic heterocycles. The molecule has 4 atom stereocenters. The predicted octanol–water partition coefficient (Wildman–Crippen LogP) is 1.60. The monoisotopic (exact) mass is 251 g/mol. The smallest absolute Gasteiger partial charge is 0.323 e. The quantitative estimate of drug-likeness (QED) is 0.807. The van der Waals surface area contributed by atoms with Gasteiger partial charge in [-0.3, -0.25) is 9.59 Å². The number of hydrogen-bond donors (Lipinski definition) is 1. The SMILES string of the molecule is CCCN(CC(=O)O)C(=O)C1[C@H]2[C@@H]3CC[C@H](C3)[C@H]12. The highest BCUT2D eigenvalue weighted by Gasteiger charge is 2.67. The van der Waals surface area contributed by atoms with Gasteiger partial charge in [-0.25, -0.2) is 0 Å². The Morgan fingerprint density at radius 2 is 1.83 bits per heavy atom. The first-order valence-corrected chi connectivity index (χ1v) is 7.14. The maximum atomic E-state index is 12.4. The minimum absolute atomic E-state index is 0.117. The Morgan fingerprint density at radius 3 is 2.33 bits per heavy atom. The first kappa shape index (κ1) is 12.0. The molecule has 3 aliphatic rings. The summed E-state index contributed by atoms with van der Waals surface area (Å²) < 4.78 is 0. The highest BCUT2D eigenvalue weighted by molar-refractivity contribution is 5.86. The van der Waals surface area contributed by atoms with Gasteiger partial charge in [0.05, 0.1) is 0 Å². The minimum atomic E-state index is -0.898. The van der Waals surface area contributed by atoms with Gasteiger partial charge in [0.2, 0.25) is 5.91 Å². The number of aliphatic carboxylic acids is 1. The van der Waals surface area contributed by atoms with Crippen molar-refractivity contribution in [2.45, 2.75) is 32.6 Å². The van der Waals surface area contributed by atoms with Crippen molar-refractivity contribution in [3.63, 3.8) is 0 Å². The number of nitrogens with zero attached hydrogens (tertiary/aromatic N) is 1. The van der Waals surface area contributed by atoms with E-state index in [0.29, 0.717) is 18.4 Å². The number of amides is 1. The molecular weight excluding hydrogens is 230 g/mol. The molecule has 0 spiro atoms. The van der Waals surface area contributed by atoms with Crippen LogP contribution in [0.15, 0.2) is 0 Å². The van der Waals surface area contributed by atoms with E-state index in [4.69, 9.17) is 5.11 Å². The molecule has 0 aromatic heterocycles. The molecule has 3 aliphatic carbocycles. The van der Waals surface area contributed by atoms with Gasteiger partial charge in [0.1, 0.15) is 6.54 Å². The maximum Gasteiger partial charge on any atom is 0.323 e. The topological polar surface area (TPSA) is 57.6 Å². The molecule has 3 saturated carbocycles. The summed E-state index contributed by atoms with van der Waals surface area (Å²) in [5.41, 5.74) is 0. The van der Waals surface area contributed by atoms with Crippen molar-refractivity contribution in [2.24, 2.45) is 29.6 Å². The number of hydrogen-bond acceptors (Lipinski definition) is 2. The number of rotatable bonds is 5. The van der Waals surface area contributed by atoms with Gasteiger partial charge in [-0.1, -0.05) is 6.92 Å². The molecule has 0 unspecified atom stereocenters. The molecule has 0 aromatic carbocycles. The van der Waals surface area contributed by atoms with E-state index >= 15 is 0 Å². The second-order valence-corrected chi connectivity index (χ2v) is 6.17. The first-order chi connectivity index (χ1) is 8.63. The maximum absolute atomic E-state index is 12.4. The third kappa shape index (κ3) is 1.73. The van der Waals surface area contributed by atoms with Crippen LogP contribution < -0.4 is 0 Å². The largest absolute Gasteiger partial charge is 0.480 e. The van der Waals surface area contributed by atoms with E-state index in [1.807, 2.05) is 6.92 Å². The van der Waals surface area contributed by atoms with Gasteiger partial charge in [0.15, 0.2) is 0 Å². The molecule has 0 aromatic rings. The second-order valence-electron chi connectivity index (χ2n) is 6.17. The Morgan fingerprint density at radius 1 is 1.22 bits per heavy atom. The second kappa shape index (κ2) is 4.25. The van der Waals surface area contributed by atoms with Crippen LogP contribution in [0.4, 0.5) is 0 Å². The third-order valence-electron chi connectivity index (χ3n) is 5.15. The van der Waals surface area contributed by atoms with Crippen LogP contribution in [0.5, 0.6) is 0 Å². The Bertz CT molecular complexity index is 365. The van der Waals surface area contributed by atoms with Crippen molar-refractivity contribution in [3.05, 3.63) is 0 Å². The zero-order valence-corrected chi connectivity index (χ0v) is 10.8. The molecule has 3 fully saturated rings. The van der Waals surface area contributed by atoms with Crippen molar-refractivity contribution in [2.75, 3.05) is 13.1 Å². The molecule has 2 bridgehead atoms. The number of carboxylic acid groups (broad SMARTS) is 1. The molecule has 100 valence electrons. The van der Waals surface area contributed by atoms with E-state index in [9.17, 15) is 9.59 Å². The van der Waals surface area contributed by atoms with Crippen LogP contribution in [0.2, 0.25) is 0 Å². The Hall–Kier alpha value is -1.06. The summed E-state index contributed by atoms with van der Waals surface area (Å²) in [6.07, 6.45) is 4.74. The normalized spacial score (nSPS) is 39.5. The van der Waals surface area contributed by atoms with Gasteiger partial charge < -0.3 is 10.0 Å². The van der Waals surface area contributed by atoms with Crippen LogP contribution in [0.1, 0.15) is 32.6 Å². The first-order valence-electron chi connectivity index (χ1n) is 7.14. The van der Waals surface area contributed by atoms with Gasteiger partial charge in [0.25, 0.3) is 0 Å². The fraction of sp³-hybridized carbons (Fsp3) is 0.857. The molecule has 3 rings (SSSR count). The van der Waals surface area contributed by atoms with Crippen molar-refractivity contribution < 1.29 is 14.7 Å². The Labute approximate surface area is 107 Å². The van der Waals surface area contributed by atoms with E-state index in [0.717, 1.165) is 18.3 Å². The summed E-state index contributed by atoms with van der Waals surface area (Å²) in [6.45, 7) is 2.44. The molecule has 0 saturated heterocycles. The lowest BCUT2D eigenvalue weighted by Gasteiger charge is -2.21. The van der Waals surface area contributed by atoms with Crippen LogP contribution >= 0.6 is 0 Å². The van der Waals surface area contributed by atoms with E-state index in [-0.39, 0.29) is 18.4 Å². The van der Waals surface area contributed by atoms with E-state index in [1.54, 1.807) is 4.90 Å². The van der Waals surface area contributed by atoms with Gasteiger partial charge in [-0.2, -0.15) is 0 Å². The van der Waals surface area contributed by atoms with Crippen LogP contribution in [0.25, 0.3) is 0 Å². The van der Waals surface area contributed by atoms with Crippen LogP contribution in [-0.4, -0.2) is 35.0 Å². The fourth-order valence-electron chi connectivity index (χ4n) is 4.57. The summed E-state index contributed by atoms with van der Waals surface area (Å²) in [5.74, 6) is 2.12. The summed E-state index contributed by atoms with van der Waals surface area (Å²) >= 11 is 0. The standard InChI is InChI=1S/C14H21NO3/c1-2-5-15(7-10(16)17)14(18)13-11-8-3-4-9(6-8)12(11)13/h8-9,11-13H,2-7H2,1H3,(H,16,17)/t8-,9-,11+,12+/m1/s1. The lowest BCUT2D eigenvalue weighted by molar-refractivity contribution is -0.145. The van der Waals surface area contributed by atoms with Crippen molar-refractivity contribution >= 4 is 11.9 Å². The molecule has 4 nitrogen and oxygen atoms in total. The van der Waals surface area contributed by atoms with Gasteiger partial charge in [-0.15, -0.1) is 0 Å². The van der Waals surface area contributed by atoms with Crippen molar-refractivity contribution in [1.29, 1.82) is 0 Å². The number of fused-ring (bicyclic) bond motifs is 5. The third-order valence-corrected chi connectivity index (χ3v) is 5.15. The van der Waals surface area contributed by atoms with E-state index in [1.165, 1.54) is 19.3 Å². The molecular formula is C14H21NO3. The van der Waals surface area contributed by atoms with Crippen LogP contribution in [-0.2, 0) is 9.59 Å². The Kier molecular flexibility index (Phi) is 2.83. The van der Waals surface area contributed by atoms with Crippen molar-refractivity contribution in [1.82, 2.24) is 4.90 Å². The summed E-state index contributed by atoms with van der Waals surface area (Å²) in [4.78, 5) is 24.8. The zero-order valence-electron chi connectivity index (χ0n) is 10.8. The molecule has 0 radical (unpaired) electrons. The molecule has 4 heteroatoms. The van der Waals surface area contributed by atoms with Gasteiger partial charge in [-0.05, 0) is 49.4 Å². The molecule has 1 amide bonds. The van der Waals surface area contributed by atoms with Gasteiger partial charge in [0, 0.05) is 12.5 Å². The molecule has 0 heterocycles. The highest BCUT2D eigenvalue weighted by atomic mass is 16.4. The summed E-state index contributed by atoms with van der Waals surface area (Å²) in [5, 5.41) is 8.89. The minimum Gasteiger partial charge on any atom is -0.480 e. The number of carbonyl (C=O) groups excluding carboxylic acids is 1. The average Bonchev–Trinajstić information content (AvgIpc) is 2.75.